The van der Waals surface area contributed by atoms with Crippen molar-refractivity contribution in [3.8, 4) is 0 Å². The van der Waals surface area contributed by atoms with Crippen LogP contribution >= 0.6 is 11.8 Å². The van der Waals surface area contributed by atoms with E-state index >= 15 is 0 Å². The molecule has 0 saturated carbocycles. The molecule has 1 aromatic heterocycles. The van der Waals surface area contributed by atoms with Gasteiger partial charge in [-0.05, 0) is 13.8 Å². The minimum atomic E-state index is -0.0161. The number of nitrogens with two attached hydrogens (primary N) is 1. The van der Waals surface area contributed by atoms with Gasteiger partial charge in [-0.3, -0.25) is 9.89 Å². The molecule has 5 nitrogen and oxygen atoms in total. The maximum absolute atomic E-state index is 12.1. The fourth-order valence-corrected chi connectivity index (χ4v) is 2.92. The molecule has 16 heavy (non-hydrogen) atoms. The number of nitrogen functional groups attached to an aromatic ring is 1. The zero-order valence-corrected chi connectivity index (χ0v) is 10.3. The topological polar surface area (TPSA) is 75.0 Å². The Balaban J connectivity index is 2.10. The fraction of sp³-hybridized carbons (Fsp3) is 0.600. The number of carbonyl (C=O) groups excluding carboxylic acids is 1. The largest absolute Gasteiger partial charge is 0.382 e. The van der Waals surface area contributed by atoms with Crippen LogP contribution in [-0.2, 0) is 0 Å². The number of hydrogen-bond donors (Lipinski definition) is 2. The number of thioether (sulfide) groups is 1. The van der Waals surface area contributed by atoms with Crippen LogP contribution in [0.5, 0.6) is 0 Å². The van der Waals surface area contributed by atoms with E-state index in [2.05, 4.69) is 24.0 Å². The van der Waals surface area contributed by atoms with Crippen LogP contribution in [0.15, 0.2) is 6.07 Å². The predicted molar refractivity (Wildman–Crippen MR) is 65.4 cm³/mol. The van der Waals surface area contributed by atoms with Crippen molar-refractivity contribution < 1.29 is 4.79 Å². The molecule has 2 rings (SSSR count). The molecular formula is C10H16N4OS. The van der Waals surface area contributed by atoms with Crippen LogP contribution in [0.3, 0.4) is 0 Å². The Labute approximate surface area is 98.8 Å². The van der Waals surface area contributed by atoms with Crippen LogP contribution in [0.1, 0.15) is 24.3 Å². The summed E-state index contributed by atoms with van der Waals surface area (Å²) in [4.78, 5) is 13.9. The number of aromatic amines is 1. The smallest absolute Gasteiger partial charge is 0.272 e. The van der Waals surface area contributed by atoms with Gasteiger partial charge in [0, 0.05) is 29.7 Å². The van der Waals surface area contributed by atoms with E-state index in [1.165, 1.54) is 0 Å². The summed E-state index contributed by atoms with van der Waals surface area (Å²) in [5.41, 5.74) is 5.95. The lowest BCUT2D eigenvalue weighted by Gasteiger charge is -2.37. The van der Waals surface area contributed by atoms with E-state index in [4.69, 9.17) is 5.73 Å². The van der Waals surface area contributed by atoms with E-state index < -0.39 is 0 Å². The van der Waals surface area contributed by atoms with Gasteiger partial charge in [0.25, 0.3) is 5.91 Å². The second-order valence-corrected chi connectivity index (χ2v) is 6.34. The van der Waals surface area contributed by atoms with Crippen LogP contribution < -0.4 is 5.73 Å². The minimum absolute atomic E-state index is 0.0161. The van der Waals surface area contributed by atoms with E-state index in [0.29, 0.717) is 11.5 Å². The molecule has 88 valence electrons. The van der Waals surface area contributed by atoms with Crippen molar-refractivity contribution in [3.05, 3.63) is 11.8 Å². The summed E-state index contributed by atoms with van der Waals surface area (Å²) in [6.07, 6.45) is 0. The van der Waals surface area contributed by atoms with Crippen molar-refractivity contribution >= 4 is 23.5 Å². The maximum atomic E-state index is 12.1. The molecule has 1 aromatic rings. The highest BCUT2D eigenvalue weighted by Gasteiger charge is 2.30. The monoisotopic (exact) mass is 240 g/mol. The van der Waals surface area contributed by atoms with Crippen LogP contribution in [-0.4, -0.2) is 44.6 Å². The Hall–Kier alpha value is -1.17. The maximum Gasteiger partial charge on any atom is 0.272 e. The van der Waals surface area contributed by atoms with Crippen LogP contribution in [0.2, 0.25) is 0 Å². The first kappa shape index (κ1) is 11.3. The zero-order chi connectivity index (χ0) is 11.8. The summed E-state index contributed by atoms with van der Waals surface area (Å²) in [5.74, 6) is 1.31. The van der Waals surface area contributed by atoms with Gasteiger partial charge in [-0.25, -0.2) is 0 Å². The van der Waals surface area contributed by atoms with Crippen LogP contribution in [0, 0.1) is 0 Å². The highest BCUT2D eigenvalue weighted by Crippen LogP contribution is 2.30. The summed E-state index contributed by atoms with van der Waals surface area (Å²) >= 11 is 1.90. The van der Waals surface area contributed by atoms with E-state index in [9.17, 15) is 4.79 Å². The average molecular weight is 240 g/mol. The molecule has 0 spiro atoms. The molecule has 6 heteroatoms. The number of carbonyl (C=O) groups is 1. The second-order valence-electron chi connectivity index (χ2n) is 4.54. The van der Waals surface area contributed by atoms with Crippen LogP contribution in [0.25, 0.3) is 0 Å². The highest BCUT2D eigenvalue weighted by atomic mass is 32.2. The van der Waals surface area contributed by atoms with E-state index in [0.717, 1.165) is 18.8 Å². The summed E-state index contributed by atoms with van der Waals surface area (Å²) in [6, 6.07) is 1.58. The van der Waals surface area contributed by atoms with Gasteiger partial charge in [0.15, 0.2) is 0 Å². The van der Waals surface area contributed by atoms with Crippen molar-refractivity contribution in [2.24, 2.45) is 0 Å². The van der Waals surface area contributed by atoms with Crippen LogP contribution in [0.4, 0.5) is 5.82 Å². The summed E-state index contributed by atoms with van der Waals surface area (Å²) < 4.78 is 0.124. The molecule has 0 atom stereocenters. The van der Waals surface area contributed by atoms with Gasteiger partial charge in [-0.15, -0.1) is 0 Å². The molecule has 0 radical (unpaired) electrons. The van der Waals surface area contributed by atoms with Gasteiger partial charge in [-0.2, -0.15) is 16.9 Å². The number of anilines is 1. The van der Waals surface area contributed by atoms with Gasteiger partial charge >= 0.3 is 0 Å². The number of nitrogens with zero attached hydrogens (tertiary/aromatic N) is 2. The molecule has 1 fully saturated rings. The number of aromatic nitrogens is 2. The molecule has 0 unspecified atom stereocenters. The average Bonchev–Trinajstić information content (AvgIpc) is 2.62. The molecule has 1 aliphatic rings. The predicted octanol–water partition coefficient (Wildman–Crippen LogP) is 0.960. The number of nitrogens with one attached hydrogen (secondary N) is 1. The van der Waals surface area contributed by atoms with Gasteiger partial charge in [0.2, 0.25) is 0 Å². The Bertz CT molecular complexity index is 401. The van der Waals surface area contributed by atoms with Crippen molar-refractivity contribution in [3.63, 3.8) is 0 Å². The van der Waals surface area contributed by atoms with E-state index in [1.54, 1.807) is 6.07 Å². The molecule has 2 heterocycles. The van der Waals surface area contributed by atoms with Crippen molar-refractivity contribution in [2.45, 2.75) is 18.6 Å². The normalized spacial score (nSPS) is 19.8. The Morgan fingerprint density at radius 3 is 3.00 bits per heavy atom. The Morgan fingerprint density at radius 1 is 1.69 bits per heavy atom. The molecule has 0 aromatic carbocycles. The molecule has 0 bridgehead atoms. The molecule has 0 aliphatic carbocycles. The number of hydrogen-bond acceptors (Lipinski definition) is 4. The summed E-state index contributed by atoms with van der Waals surface area (Å²) in [6.45, 7) is 5.85. The third-order valence-electron chi connectivity index (χ3n) is 2.54. The lowest BCUT2D eigenvalue weighted by molar-refractivity contribution is 0.0742. The first-order valence-electron chi connectivity index (χ1n) is 5.22. The molecule has 1 saturated heterocycles. The number of H-pyrrole nitrogens is 1. The number of amides is 1. The Morgan fingerprint density at radius 2 is 2.44 bits per heavy atom. The quantitative estimate of drug-likeness (QED) is 0.766. The Kier molecular flexibility index (Phi) is 2.84. The van der Waals surface area contributed by atoms with E-state index in [-0.39, 0.29) is 10.7 Å². The SMILES string of the molecule is CC1(C)CN(C(=O)c2cc(N)n[nH]2)CCS1. The molecular weight excluding hydrogens is 224 g/mol. The first-order valence-corrected chi connectivity index (χ1v) is 6.21. The van der Waals surface area contributed by atoms with E-state index in [1.807, 2.05) is 16.7 Å². The third kappa shape index (κ3) is 2.32. The van der Waals surface area contributed by atoms with Gasteiger partial charge in [0.05, 0.1) is 0 Å². The number of rotatable bonds is 1. The van der Waals surface area contributed by atoms with Crippen molar-refractivity contribution in [1.29, 1.82) is 0 Å². The summed E-state index contributed by atoms with van der Waals surface area (Å²) in [5, 5.41) is 6.43. The third-order valence-corrected chi connectivity index (χ3v) is 3.84. The molecule has 1 aliphatic heterocycles. The van der Waals surface area contributed by atoms with Crippen molar-refractivity contribution in [1.82, 2.24) is 15.1 Å². The minimum Gasteiger partial charge on any atom is -0.382 e. The lowest BCUT2D eigenvalue weighted by Crippen LogP contribution is -2.46. The van der Waals surface area contributed by atoms with Crippen molar-refractivity contribution in [2.75, 3.05) is 24.6 Å². The lowest BCUT2D eigenvalue weighted by atomic mass is 10.2. The molecule has 1 amide bonds. The van der Waals surface area contributed by atoms with Gasteiger partial charge < -0.3 is 10.6 Å². The van der Waals surface area contributed by atoms with Gasteiger partial charge in [0.1, 0.15) is 11.5 Å². The summed E-state index contributed by atoms with van der Waals surface area (Å²) in [7, 11) is 0. The first-order chi connectivity index (χ1) is 7.48. The zero-order valence-electron chi connectivity index (χ0n) is 9.49. The second kappa shape index (κ2) is 4.01. The fourth-order valence-electron chi connectivity index (χ4n) is 1.81. The highest BCUT2D eigenvalue weighted by molar-refractivity contribution is 8.00. The molecule has 3 N–H and O–H groups in total. The standard InChI is InChI=1S/C10H16N4OS/c1-10(2)6-14(3-4-16-10)9(15)7-5-8(11)13-12-7/h5H,3-4,6H2,1-2H3,(H3,11,12,13). The van der Waals surface area contributed by atoms with Gasteiger partial charge in [-0.1, -0.05) is 0 Å².